The van der Waals surface area contributed by atoms with Crippen LogP contribution in [0, 0.1) is 11.3 Å². The minimum atomic E-state index is -0.906. The van der Waals surface area contributed by atoms with Crippen molar-refractivity contribution < 1.29 is 14.3 Å². The molecule has 22 heavy (non-hydrogen) atoms. The highest BCUT2D eigenvalue weighted by atomic mass is 32.1. The maximum absolute atomic E-state index is 12.0. The van der Waals surface area contributed by atoms with Gasteiger partial charge in [-0.2, -0.15) is 16.6 Å². The third kappa shape index (κ3) is 4.43. The van der Waals surface area contributed by atoms with Gasteiger partial charge in [0.2, 0.25) is 0 Å². The molecule has 0 radical (unpaired) electrons. The lowest BCUT2D eigenvalue weighted by molar-refractivity contribution is -0.152. The number of hydrogen-bond donors (Lipinski definition) is 1. The van der Waals surface area contributed by atoms with E-state index in [1.54, 1.807) is 24.3 Å². The van der Waals surface area contributed by atoms with Gasteiger partial charge in [-0.25, -0.2) is 0 Å². The molecule has 112 valence electrons. The fourth-order valence-electron chi connectivity index (χ4n) is 1.76. The topological polar surface area (TPSA) is 79.2 Å². The molecule has 2 rings (SSSR count). The maximum Gasteiger partial charge on any atom is 0.311 e. The molecular weight excluding hydrogens is 300 g/mol. The molecule has 2 aromatic rings. The third-order valence-electron chi connectivity index (χ3n) is 2.87. The second-order valence-electron chi connectivity index (χ2n) is 4.62. The van der Waals surface area contributed by atoms with Crippen molar-refractivity contribution in [1.82, 2.24) is 0 Å². The maximum atomic E-state index is 12.0. The molecule has 1 atom stereocenters. The van der Waals surface area contributed by atoms with Gasteiger partial charge in [0.15, 0.2) is 6.10 Å². The Balaban J connectivity index is 1.89. The van der Waals surface area contributed by atoms with Crippen molar-refractivity contribution in [3.8, 4) is 6.07 Å². The summed E-state index contributed by atoms with van der Waals surface area (Å²) in [6.07, 6.45) is -0.762. The van der Waals surface area contributed by atoms with Crippen LogP contribution in [0.25, 0.3) is 0 Å². The van der Waals surface area contributed by atoms with Crippen LogP contribution in [-0.2, 0) is 20.7 Å². The molecule has 0 spiro atoms. The summed E-state index contributed by atoms with van der Waals surface area (Å²) in [6.45, 7) is 1.51. The molecule has 1 amide bonds. The summed E-state index contributed by atoms with van der Waals surface area (Å²) >= 11 is 1.50. The number of esters is 1. The zero-order valence-corrected chi connectivity index (χ0v) is 12.7. The van der Waals surface area contributed by atoms with E-state index >= 15 is 0 Å². The third-order valence-corrected chi connectivity index (χ3v) is 3.60. The molecule has 5 nitrogen and oxygen atoms in total. The molecule has 0 aliphatic heterocycles. The van der Waals surface area contributed by atoms with Crippen molar-refractivity contribution in [3.63, 3.8) is 0 Å². The molecule has 1 aromatic carbocycles. The molecule has 1 heterocycles. The van der Waals surface area contributed by atoms with E-state index in [1.165, 1.54) is 18.3 Å². The molecule has 0 fully saturated rings. The zero-order chi connectivity index (χ0) is 15.9. The van der Waals surface area contributed by atoms with Gasteiger partial charge in [-0.1, -0.05) is 6.07 Å². The Bertz CT molecular complexity index is 704. The van der Waals surface area contributed by atoms with Gasteiger partial charge in [0.25, 0.3) is 5.91 Å². The van der Waals surface area contributed by atoms with Crippen LogP contribution in [0.4, 0.5) is 5.69 Å². The molecule has 0 saturated carbocycles. The molecule has 1 N–H and O–H groups in total. The van der Waals surface area contributed by atoms with Gasteiger partial charge in [0.05, 0.1) is 18.1 Å². The van der Waals surface area contributed by atoms with Crippen LogP contribution in [0.5, 0.6) is 0 Å². The number of benzene rings is 1. The van der Waals surface area contributed by atoms with Crippen LogP contribution in [0.1, 0.15) is 18.1 Å². The Morgan fingerprint density at radius 1 is 1.41 bits per heavy atom. The average molecular weight is 314 g/mol. The predicted molar refractivity (Wildman–Crippen MR) is 83.4 cm³/mol. The van der Waals surface area contributed by atoms with E-state index in [0.717, 1.165) is 5.56 Å². The molecule has 0 saturated heterocycles. The van der Waals surface area contributed by atoms with E-state index in [9.17, 15) is 9.59 Å². The molecular formula is C16H14N2O3S. The van der Waals surface area contributed by atoms with Gasteiger partial charge in [0, 0.05) is 5.69 Å². The molecule has 1 aromatic heterocycles. The Morgan fingerprint density at radius 2 is 2.23 bits per heavy atom. The quantitative estimate of drug-likeness (QED) is 0.861. The number of ether oxygens (including phenoxy) is 1. The van der Waals surface area contributed by atoms with Gasteiger partial charge in [0.1, 0.15) is 0 Å². The van der Waals surface area contributed by atoms with E-state index < -0.39 is 18.0 Å². The minimum Gasteiger partial charge on any atom is -0.452 e. The van der Waals surface area contributed by atoms with Crippen molar-refractivity contribution in [3.05, 3.63) is 52.2 Å². The summed E-state index contributed by atoms with van der Waals surface area (Å²) in [5.74, 6) is -0.888. The Labute approximate surface area is 132 Å². The fraction of sp³-hybridized carbons (Fsp3) is 0.188. The number of hydrogen-bond acceptors (Lipinski definition) is 5. The number of rotatable bonds is 5. The lowest BCUT2D eigenvalue weighted by atomic mass is 10.2. The monoisotopic (exact) mass is 314 g/mol. The van der Waals surface area contributed by atoms with Gasteiger partial charge in [-0.05, 0) is 47.5 Å². The van der Waals surface area contributed by atoms with E-state index in [4.69, 9.17) is 10.00 Å². The van der Waals surface area contributed by atoms with E-state index in [2.05, 4.69) is 5.32 Å². The molecule has 6 heteroatoms. The van der Waals surface area contributed by atoms with Crippen molar-refractivity contribution in [2.24, 2.45) is 0 Å². The largest absolute Gasteiger partial charge is 0.452 e. The van der Waals surface area contributed by atoms with Crippen molar-refractivity contribution in [1.29, 1.82) is 5.26 Å². The molecule has 0 unspecified atom stereocenters. The second kappa shape index (κ2) is 7.38. The predicted octanol–water partition coefficient (Wildman–Crippen LogP) is 2.73. The van der Waals surface area contributed by atoms with Gasteiger partial charge in [-0.15, -0.1) is 0 Å². The van der Waals surface area contributed by atoms with Crippen LogP contribution >= 0.6 is 11.3 Å². The highest BCUT2D eigenvalue weighted by Crippen LogP contribution is 2.11. The van der Waals surface area contributed by atoms with E-state index in [0.29, 0.717) is 11.3 Å². The number of nitriles is 1. The van der Waals surface area contributed by atoms with Crippen LogP contribution < -0.4 is 5.32 Å². The summed E-state index contributed by atoms with van der Waals surface area (Å²) in [4.78, 5) is 23.7. The number of carbonyl (C=O) groups is 2. The first-order valence-electron chi connectivity index (χ1n) is 6.60. The lowest BCUT2D eigenvalue weighted by Crippen LogP contribution is -2.30. The van der Waals surface area contributed by atoms with Crippen molar-refractivity contribution in [2.45, 2.75) is 19.4 Å². The summed E-state index contributed by atoms with van der Waals surface area (Å²) in [5, 5.41) is 15.2. The first kappa shape index (κ1) is 15.7. The van der Waals surface area contributed by atoms with Crippen LogP contribution in [0.3, 0.4) is 0 Å². The zero-order valence-electron chi connectivity index (χ0n) is 11.9. The van der Waals surface area contributed by atoms with Crippen LogP contribution in [0.2, 0.25) is 0 Å². The Morgan fingerprint density at radius 3 is 2.91 bits per heavy atom. The van der Waals surface area contributed by atoms with Crippen molar-refractivity contribution >= 4 is 28.9 Å². The van der Waals surface area contributed by atoms with Crippen LogP contribution in [-0.4, -0.2) is 18.0 Å². The Hall–Kier alpha value is -2.65. The minimum absolute atomic E-state index is 0.144. The summed E-state index contributed by atoms with van der Waals surface area (Å²) < 4.78 is 5.10. The molecule has 0 aliphatic carbocycles. The van der Waals surface area contributed by atoms with Gasteiger partial charge < -0.3 is 10.1 Å². The highest BCUT2D eigenvalue weighted by molar-refractivity contribution is 7.07. The smallest absolute Gasteiger partial charge is 0.311 e. The van der Waals surface area contributed by atoms with E-state index in [1.807, 2.05) is 22.9 Å². The van der Waals surface area contributed by atoms with E-state index in [-0.39, 0.29) is 6.42 Å². The number of amides is 1. The van der Waals surface area contributed by atoms with Gasteiger partial charge in [-0.3, -0.25) is 9.59 Å². The molecule has 0 bridgehead atoms. The summed E-state index contributed by atoms with van der Waals surface area (Å²) in [7, 11) is 0. The number of anilines is 1. The Kier molecular flexibility index (Phi) is 5.28. The fourth-order valence-corrected chi connectivity index (χ4v) is 2.43. The molecule has 0 aliphatic rings. The highest BCUT2D eigenvalue weighted by Gasteiger charge is 2.18. The number of nitrogens with one attached hydrogen (secondary N) is 1. The first-order chi connectivity index (χ1) is 10.6. The number of carbonyl (C=O) groups excluding carboxylic acids is 2. The number of thiophene rings is 1. The van der Waals surface area contributed by atoms with Crippen LogP contribution in [0.15, 0.2) is 41.1 Å². The average Bonchev–Trinajstić information content (AvgIpc) is 3.00. The summed E-state index contributed by atoms with van der Waals surface area (Å²) in [6, 6.07) is 10.4. The van der Waals surface area contributed by atoms with Crippen molar-refractivity contribution in [2.75, 3.05) is 5.32 Å². The first-order valence-corrected chi connectivity index (χ1v) is 7.54. The SMILES string of the molecule is C[C@H](OC(=O)Cc1ccsc1)C(=O)Nc1cccc(C#N)c1. The second-order valence-corrected chi connectivity index (χ2v) is 5.40. The normalized spacial score (nSPS) is 11.3. The lowest BCUT2D eigenvalue weighted by Gasteiger charge is -2.13. The standard InChI is InChI=1S/C16H14N2O3S/c1-11(21-15(19)8-13-5-6-22-10-13)16(20)18-14-4-2-3-12(7-14)9-17/h2-7,10-11H,8H2,1H3,(H,18,20)/t11-/m0/s1. The van der Waals surface area contributed by atoms with Gasteiger partial charge >= 0.3 is 5.97 Å². The summed E-state index contributed by atoms with van der Waals surface area (Å²) in [5.41, 5.74) is 1.80. The number of nitrogens with zero attached hydrogens (tertiary/aromatic N) is 1.